The fourth-order valence-corrected chi connectivity index (χ4v) is 1.19. The fourth-order valence-electron chi connectivity index (χ4n) is 1.19. The molecule has 2 rings (SSSR count). The molecule has 2 aromatic rings. The van der Waals surface area contributed by atoms with Crippen LogP contribution in [-0.2, 0) is 0 Å². The molecule has 0 amide bonds. The van der Waals surface area contributed by atoms with Gasteiger partial charge >= 0.3 is 0 Å². The zero-order valence-corrected chi connectivity index (χ0v) is 8.74. The van der Waals surface area contributed by atoms with Gasteiger partial charge in [-0.2, -0.15) is 0 Å². The predicted octanol–water partition coefficient (Wildman–Crippen LogP) is 1.93. The molecule has 1 heterocycles. The van der Waals surface area contributed by atoms with Crippen molar-refractivity contribution in [1.29, 1.82) is 0 Å². The molecule has 0 saturated heterocycles. The molecule has 16 heavy (non-hydrogen) atoms. The van der Waals surface area contributed by atoms with E-state index in [0.717, 1.165) is 5.75 Å². The van der Waals surface area contributed by atoms with Crippen molar-refractivity contribution in [2.24, 2.45) is 0 Å². The summed E-state index contributed by atoms with van der Waals surface area (Å²) >= 11 is 0. The van der Waals surface area contributed by atoms with Gasteiger partial charge in [0.1, 0.15) is 25.3 Å². The summed E-state index contributed by atoms with van der Waals surface area (Å²) in [6, 6.07) is 11.3. The Morgan fingerprint density at radius 2 is 1.75 bits per heavy atom. The third-order valence-electron chi connectivity index (χ3n) is 1.90. The zero-order valence-electron chi connectivity index (χ0n) is 8.74. The maximum absolute atomic E-state index is 5.46. The minimum absolute atomic E-state index is 0.464. The standard InChI is InChI=1S/C12H12N2O2/c1-2-4-11(5-3-1)15-8-9-16-12-6-7-13-10-14-12/h1-7,10H,8-9H2. The summed E-state index contributed by atoms with van der Waals surface area (Å²) in [4.78, 5) is 7.73. The molecule has 0 unspecified atom stereocenters. The summed E-state index contributed by atoms with van der Waals surface area (Å²) in [6.07, 6.45) is 3.09. The smallest absolute Gasteiger partial charge is 0.216 e. The maximum atomic E-state index is 5.46. The number of aromatic nitrogens is 2. The molecular weight excluding hydrogens is 204 g/mol. The molecule has 0 aliphatic rings. The Balaban J connectivity index is 1.70. The molecule has 4 heteroatoms. The van der Waals surface area contributed by atoms with Crippen LogP contribution in [0, 0.1) is 0 Å². The van der Waals surface area contributed by atoms with Gasteiger partial charge in [0.2, 0.25) is 5.88 Å². The summed E-state index contributed by atoms with van der Waals surface area (Å²) in [5, 5.41) is 0. The highest BCUT2D eigenvalue weighted by Crippen LogP contribution is 2.08. The lowest BCUT2D eigenvalue weighted by Crippen LogP contribution is -2.09. The molecule has 0 bridgehead atoms. The lowest BCUT2D eigenvalue weighted by molar-refractivity contribution is 0.211. The van der Waals surface area contributed by atoms with Crippen molar-refractivity contribution in [3.63, 3.8) is 0 Å². The Labute approximate surface area is 93.9 Å². The molecule has 0 spiro atoms. The number of nitrogens with zero attached hydrogens (tertiary/aromatic N) is 2. The Morgan fingerprint density at radius 1 is 0.938 bits per heavy atom. The lowest BCUT2D eigenvalue weighted by Gasteiger charge is -2.06. The van der Waals surface area contributed by atoms with Crippen LogP contribution in [0.1, 0.15) is 0 Å². The summed E-state index contributed by atoms with van der Waals surface area (Å²) in [5.74, 6) is 1.40. The van der Waals surface area contributed by atoms with E-state index in [4.69, 9.17) is 9.47 Å². The third-order valence-corrected chi connectivity index (χ3v) is 1.90. The molecule has 0 aliphatic carbocycles. The van der Waals surface area contributed by atoms with E-state index in [9.17, 15) is 0 Å². The van der Waals surface area contributed by atoms with Crippen LogP contribution in [0.15, 0.2) is 48.9 Å². The normalized spacial score (nSPS) is 9.75. The molecule has 1 aromatic heterocycles. The Morgan fingerprint density at radius 3 is 2.50 bits per heavy atom. The van der Waals surface area contributed by atoms with Crippen molar-refractivity contribution in [2.75, 3.05) is 13.2 Å². The van der Waals surface area contributed by atoms with E-state index in [0.29, 0.717) is 19.1 Å². The summed E-state index contributed by atoms with van der Waals surface area (Å²) in [5.41, 5.74) is 0. The molecule has 0 fully saturated rings. The highest BCUT2D eigenvalue weighted by Gasteiger charge is 1.94. The third kappa shape index (κ3) is 3.24. The zero-order chi connectivity index (χ0) is 11.1. The first-order chi connectivity index (χ1) is 7.95. The first-order valence-electron chi connectivity index (χ1n) is 5.02. The average Bonchev–Trinajstić information content (AvgIpc) is 2.37. The summed E-state index contributed by atoms with van der Waals surface area (Å²) < 4.78 is 10.8. The fraction of sp³-hybridized carbons (Fsp3) is 0.167. The topological polar surface area (TPSA) is 44.2 Å². The van der Waals surface area contributed by atoms with Crippen LogP contribution >= 0.6 is 0 Å². The number of benzene rings is 1. The van der Waals surface area contributed by atoms with Crippen LogP contribution in [0.4, 0.5) is 0 Å². The van der Waals surface area contributed by atoms with Gasteiger partial charge in [-0.1, -0.05) is 18.2 Å². The molecular formula is C12H12N2O2. The first kappa shape index (κ1) is 10.4. The van der Waals surface area contributed by atoms with Crippen molar-refractivity contribution in [3.05, 3.63) is 48.9 Å². The van der Waals surface area contributed by atoms with Crippen molar-refractivity contribution in [2.45, 2.75) is 0 Å². The van der Waals surface area contributed by atoms with Crippen LogP contribution in [0.25, 0.3) is 0 Å². The number of ether oxygens (including phenoxy) is 2. The second kappa shape index (κ2) is 5.70. The molecule has 0 radical (unpaired) electrons. The number of hydrogen-bond acceptors (Lipinski definition) is 4. The van der Waals surface area contributed by atoms with E-state index in [2.05, 4.69) is 9.97 Å². The summed E-state index contributed by atoms with van der Waals surface area (Å²) in [7, 11) is 0. The molecule has 4 nitrogen and oxygen atoms in total. The minimum atomic E-state index is 0.464. The maximum Gasteiger partial charge on any atom is 0.216 e. The van der Waals surface area contributed by atoms with Gasteiger partial charge in [-0.15, -0.1) is 0 Å². The molecule has 0 atom stereocenters. The van der Waals surface area contributed by atoms with Gasteiger partial charge in [0.15, 0.2) is 0 Å². The van der Waals surface area contributed by atoms with Gasteiger partial charge in [-0.3, -0.25) is 0 Å². The highest BCUT2D eigenvalue weighted by molar-refractivity contribution is 5.20. The van der Waals surface area contributed by atoms with E-state index in [1.165, 1.54) is 6.33 Å². The molecule has 0 aliphatic heterocycles. The van der Waals surface area contributed by atoms with Crippen LogP contribution in [-0.4, -0.2) is 23.2 Å². The molecule has 0 N–H and O–H groups in total. The second-order valence-electron chi connectivity index (χ2n) is 3.06. The van der Waals surface area contributed by atoms with E-state index < -0.39 is 0 Å². The van der Waals surface area contributed by atoms with E-state index >= 15 is 0 Å². The molecule has 0 saturated carbocycles. The van der Waals surface area contributed by atoms with Crippen molar-refractivity contribution >= 4 is 0 Å². The molecule has 82 valence electrons. The Kier molecular flexibility index (Phi) is 3.71. The largest absolute Gasteiger partial charge is 0.490 e. The summed E-state index contributed by atoms with van der Waals surface area (Å²) in [6.45, 7) is 0.958. The van der Waals surface area contributed by atoms with E-state index in [1.807, 2.05) is 30.3 Å². The van der Waals surface area contributed by atoms with Gasteiger partial charge in [-0.05, 0) is 12.1 Å². The minimum Gasteiger partial charge on any atom is -0.490 e. The van der Waals surface area contributed by atoms with E-state index in [-0.39, 0.29) is 0 Å². The van der Waals surface area contributed by atoms with Gasteiger partial charge in [0, 0.05) is 12.3 Å². The van der Waals surface area contributed by atoms with Gasteiger partial charge in [0.25, 0.3) is 0 Å². The predicted molar refractivity (Wildman–Crippen MR) is 59.5 cm³/mol. The first-order valence-corrected chi connectivity index (χ1v) is 5.02. The number of rotatable bonds is 5. The van der Waals surface area contributed by atoms with E-state index in [1.54, 1.807) is 12.3 Å². The van der Waals surface area contributed by atoms with Crippen molar-refractivity contribution in [1.82, 2.24) is 9.97 Å². The SMILES string of the molecule is c1ccc(OCCOc2ccncn2)cc1. The number of para-hydroxylation sites is 1. The van der Waals surface area contributed by atoms with Crippen molar-refractivity contribution in [3.8, 4) is 11.6 Å². The Bertz CT molecular complexity index is 364. The second-order valence-corrected chi connectivity index (χ2v) is 3.06. The van der Waals surface area contributed by atoms with Crippen LogP contribution in [0.3, 0.4) is 0 Å². The van der Waals surface area contributed by atoms with Crippen molar-refractivity contribution < 1.29 is 9.47 Å². The highest BCUT2D eigenvalue weighted by atomic mass is 16.5. The lowest BCUT2D eigenvalue weighted by atomic mass is 10.3. The monoisotopic (exact) mass is 216 g/mol. The molecule has 1 aromatic carbocycles. The Hall–Kier alpha value is -2.10. The average molecular weight is 216 g/mol. The number of hydrogen-bond donors (Lipinski definition) is 0. The van der Waals surface area contributed by atoms with Crippen LogP contribution in [0.2, 0.25) is 0 Å². The van der Waals surface area contributed by atoms with Gasteiger partial charge in [-0.25, -0.2) is 9.97 Å². The van der Waals surface area contributed by atoms with Crippen LogP contribution < -0.4 is 9.47 Å². The van der Waals surface area contributed by atoms with Gasteiger partial charge < -0.3 is 9.47 Å². The van der Waals surface area contributed by atoms with Crippen LogP contribution in [0.5, 0.6) is 11.6 Å². The van der Waals surface area contributed by atoms with Gasteiger partial charge in [0.05, 0.1) is 0 Å². The quantitative estimate of drug-likeness (QED) is 0.716.